The lowest BCUT2D eigenvalue weighted by molar-refractivity contribution is -0.907. The number of primary amides is 1. The van der Waals surface area contributed by atoms with Gasteiger partial charge < -0.3 is 35.1 Å². The molecule has 2 fully saturated rings. The van der Waals surface area contributed by atoms with Crippen molar-refractivity contribution in [3.8, 4) is 0 Å². The Morgan fingerprint density at radius 3 is 2.61 bits per heavy atom. The Hall–Kier alpha value is -4.83. The molecule has 0 aromatic carbocycles. The third-order valence-electron chi connectivity index (χ3n) is 8.80. The first-order valence-corrected chi connectivity index (χ1v) is 17.2. The van der Waals surface area contributed by atoms with Crippen LogP contribution in [-0.2, 0) is 19.7 Å². The van der Waals surface area contributed by atoms with Crippen LogP contribution in [0, 0.1) is 0 Å². The molecule has 1 atom stereocenters. The number of anilines is 2. The quantitative estimate of drug-likeness (QED) is 0.194. The SMILES string of the molecule is CC(C)(C)c1csc(NC(=O)c2ccn3c(=O)c(/C=C/C(=O)[O-])c(N4CCC[C@@H](OC(=O)NCC[N+]5(CC(N)=O)CCCC5)C4)nc3c2)n1. The molecule has 16 heteroatoms. The third-order valence-corrected chi connectivity index (χ3v) is 9.56. The number of pyridine rings is 1. The molecule has 262 valence electrons. The zero-order valence-electron chi connectivity index (χ0n) is 27.9. The number of fused-ring (bicyclic) bond motifs is 1. The van der Waals surface area contributed by atoms with Crippen molar-refractivity contribution in [3.05, 3.63) is 57.0 Å². The minimum atomic E-state index is -1.48. The molecule has 4 N–H and O–H groups in total. The largest absolute Gasteiger partial charge is 0.545 e. The molecule has 5 rings (SSSR count). The fourth-order valence-electron chi connectivity index (χ4n) is 6.28. The van der Waals surface area contributed by atoms with E-state index in [2.05, 4.69) is 15.6 Å². The lowest BCUT2D eigenvalue weighted by Crippen LogP contribution is -2.54. The molecule has 3 aromatic heterocycles. The number of ether oxygens (including phenoxy) is 1. The highest BCUT2D eigenvalue weighted by atomic mass is 32.1. The van der Waals surface area contributed by atoms with Crippen LogP contribution in [0.2, 0.25) is 0 Å². The number of alkyl carbamates (subject to hydrolysis) is 1. The number of nitrogens with two attached hydrogens (primary N) is 1. The van der Waals surface area contributed by atoms with Gasteiger partial charge in [0.25, 0.3) is 17.4 Å². The van der Waals surface area contributed by atoms with Gasteiger partial charge in [-0.2, -0.15) is 0 Å². The molecule has 49 heavy (non-hydrogen) atoms. The number of likely N-dealkylation sites (tertiary alicyclic amines) is 1. The molecule has 0 bridgehead atoms. The molecule has 5 heterocycles. The maximum atomic E-state index is 13.6. The molecule has 0 spiro atoms. The zero-order chi connectivity index (χ0) is 35.3. The minimum Gasteiger partial charge on any atom is -0.545 e. The Morgan fingerprint density at radius 2 is 1.94 bits per heavy atom. The van der Waals surface area contributed by atoms with Crippen LogP contribution >= 0.6 is 11.3 Å². The summed E-state index contributed by atoms with van der Waals surface area (Å²) in [7, 11) is 0. The van der Waals surface area contributed by atoms with Gasteiger partial charge in [0.1, 0.15) is 17.6 Å². The van der Waals surface area contributed by atoms with Gasteiger partial charge >= 0.3 is 6.09 Å². The van der Waals surface area contributed by atoms with E-state index in [-0.39, 0.29) is 47.0 Å². The van der Waals surface area contributed by atoms with Gasteiger partial charge in [-0.25, -0.2) is 14.8 Å². The maximum Gasteiger partial charge on any atom is 0.407 e. The second-order valence-electron chi connectivity index (χ2n) is 13.6. The number of amides is 3. The Balaban J connectivity index is 1.33. The van der Waals surface area contributed by atoms with Crippen molar-refractivity contribution in [3.63, 3.8) is 0 Å². The predicted octanol–water partition coefficient (Wildman–Crippen LogP) is 1.25. The predicted molar refractivity (Wildman–Crippen MR) is 182 cm³/mol. The van der Waals surface area contributed by atoms with Crippen molar-refractivity contribution in [2.75, 3.05) is 56.0 Å². The molecule has 0 radical (unpaired) electrons. The zero-order valence-corrected chi connectivity index (χ0v) is 28.7. The third kappa shape index (κ3) is 8.80. The number of quaternary nitrogens is 1. The number of carbonyl (C=O) groups excluding carboxylic acids is 4. The number of piperidine rings is 1. The van der Waals surface area contributed by atoms with Crippen LogP contribution in [0.5, 0.6) is 0 Å². The van der Waals surface area contributed by atoms with E-state index in [0.29, 0.717) is 42.1 Å². The van der Waals surface area contributed by atoms with Crippen LogP contribution in [0.4, 0.5) is 15.7 Å². The monoisotopic (exact) mass is 694 g/mol. The van der Waals surface area contributed by atoms with Gasteiger partial charge in [0.15, 0.2) is 11.7 Å². The summed E-state index contributed by atoms with van der Waals surface area (Å²) in [4.78, 5) is 73.5. The molecule has 0 saturated carbocycles. The number of rotatable bonds is 11. The van der Waals surface area contributed by atoms with E-state index in [1.54, 1.807) is 4.90 Å². The van der Waals surface area contributed by atoms with E-state index in [4.69, 9.17) is 15.5 Å². The van der Waals surface area contributed by atoms with E-state index in [0.717, 1.165) is 43.8 Å². The van der Waals surface area contributed by atoms with E-state index in [1.165, 1.54) is 34.1 Å². The Bertz CT molecular complexity index is 1820. The fourth-order valence-corrected chi connectivity index (χ4v) is 7.21. The molecule has 3 amide bonds. The van der Waals surface area contributed by atoms with Crippen molar-refractivity contribution in [2.24, 2.45) is 5.73 Å². The van der Waals surface area contributed by atoms with Crippen molar-refractivity contribution in [1.82, 2.24) is 19.7 Å². The lowest BCUT2D eigenvalue weighted by atomic mass is 9.93. The summed E-state index contributed by atoms with van der Waals surface area (Å²) in [6.45, 7) is 9.53. The molecule has 15 nitrogen and oxygen atoms in total. The van der Waals surface area contributed by atoms with Gasteiger partial charge in [-0.3, -0.25) is 24.1 Å². The highest BCUT2D eigenvalue weighted by molar-refractivity contribution is 7.14. The Kier molecular flexibility index (Phi) is 10.7. The molecular formula is C33H42N8O7S. The van der Waals surface area contributed by atoms with Gasteiger partial charge in [-0.05, 0) is 37.1 Å². The van der Waals surface area contributed by atoms with Crippen LogP contribution in [0.25, 0.3) is 11.7 Å². The Labute approximate surface area is 287 Å². The number of carboxylic acid groups (broad SMARTS) is 1. The summed E-state index contributed by atoms with van der Waals surface area (Å²) in [6.07, 6.45) is 5.35. The van der Waals surface area contributed by atoms with Crippen molar-refractivity contribution in [1.29, 1.82) is 0 Å². The van der Waals surface area contributed by atoms with Crippen LogP contribution in [0.1, 0.15) is 68.1 Å². The number of nitrogens with zero attached hydrogens (tertiary/aromatic N) is 5. The van der Waals surface area contributed by atoms with Gasteiger partial charge in [-0.1, -0.05) is 20.8 Å². The maximum absolute atomic E-state index is 13.6. The van der Waals surface area contributed by atoms with Gasteiger partial charge in [0, 0.05) is 41.9 Å². The number of carboxylic acids is 1. The van der Waals surface area contributed by atoms with E-state index >= 15 is 0 Å². The van der Waals surface area contributed by atoms with Gasteiger partial charge in [-0.15, -0.1) is 11.3 Å². The standard InChI is InChI=1S/C33H42N8O7S/c1-33(2,3)24-20-49-31(36-24)38-29(45)21-10-13-40-26(17-21)37-28(23(30(40)46)8-9-27(43)44)39-12-6-7-22(18-39)48-32(47)35-11-16-41(19-25(34)42)14-4-5-15-41/h8-10,13,17,20,22H,4-7,11-12,14-16,18-19H2,1-3H3,(H4-,34,35,36,38,42,43,44,45,47)/b9-8+/t22-/m1/s1. The summed E-state index contributed by atoms with van der Waals surface area (Å²) in [6, 6.07) is 2.95. The summed E-state index contributed by atoms with van der Waals surface area (Å²) in [5.74, 6) is -2.09. The molecule has 2 saturated heterocycles. The van der Waals surface area contributed by atoms with E-state index < -0.39 is 29.6 Å². The summed E-state index contributed by atoms with van der Waals surface area (Å²) in [5, 5.41) is 19.2. The van der Waals surface area contributed by atoms with Gasteiger partial charge in [0.2, 0.25) is 0 Å². The first-order chi connectivity index (χ1) is 23.2. The molecule has 0 unspecified atom stereocenters. The summed E-state index contributed by atoms with van der Waals surface area (Å²) < 4.78 is 7.50. The summed E-state index contributed by atoms with van der Waals surface area (Å²) >= 11 is 1.31. The highest BCUT2D eigenvalue weighted by Gasteiger charge is 2.34. The van der Waals surface area contributed by atoms with Crippen LogP contribution < -0.4 is 31.9 Å². The molecular weight excluding hydrogens is 652 g/mol. The van der Waals surface area contributed by atoms with E-state index in [9.17, 15) is 29.1 Å². The number of thiazole rings is 1. The van der Waals surface area contributed by atoms with Crippen molar-refractivity contribution >= 4 is 57.9 Å². The number of hydrogen-bond acceptors (Lipinski definition) is 11. The first-order valence-electron chi connectivity index (χ1n) is 16.3. The molecule has 0 aliphatic carbocycles. The Morgan fingerprint density at radius 1 is 1.18 bits per heavy atom. The number of aliphatic carboxylic acids is 1. The molecule has 2 aliphatic heterocycles. The number of carbonyl (C=O) groups is 4. The normalized spacial score (nSPS) is 17.7. The highest BCUT2D eigenvalue weighted by Crippen LogP contribution is 2.27. The molecule has 2 aliphatic rings. The average Bonchev–Trinajstić information content (AvgIpc) is 3.70. The first kappa shape index (κ1) is 35.5. The molecule has 3 aromatic rings. The average molecular weight is 695 g/mol. The number of aromatic nitrogens is 3. The smallest absolute Gasteiger partial charge is 0.407 e. The van der Waals surface area contributed by atoms with Crippen LogP contribution in [0.15, 0.2) is 34.6 Å². The second kappa shape index (κ2) is 14.7. The number of nitrogens with one attached hydrogen (secondary N) is 2. The topological polar surface area (TPSA) is 201 Å². The minimum absolute atomic E-state index is 0.00980. The van der Waals surface area contributed by atoms with Gasteiger partial charge in [0.05, 0.1) is 50.0 Å². The fraction of sp³-hybridized carbons (Fsp3) is 0.485. The summed E-state index contributed by atoms with van der Waals surface area (Å²) in [5.41, 5.74) is 6.01. The van der Waals surface area contributed by atoms with Crippen molar-refractivity contribution in [2.45, 2.75) is 58.0 Å². The lowest BCUT2D eigenvalue weighted by Gasteiger charge is -2.34. The van der Waals surface area contributed by atoms with Crippen molar-refractivity contribution < 1.29 is 33.5 Å². The number of hydrogen-bond donors (Lipinski definition) is 3. The second-order valence-corrected chi connectivity index (χ2v) is 14.4. The van der Waals surface area contributed by atoms with Crippen LogP contribution in [-0.4, -0.2) is 94.6 Å². The van der Waals surface area contributed by atoms with E-state index in [1.807, 2.05) is 26.2 Å². The van der Waals surface area contributed by atoms with Crippen LogP contribution in [0.3, 0.4) is 0 Å².